The normalized spacial score (nSPS) is 11.3. The van der Waals surface area contributed by atoms with Crippen LogP contribution in [0.5, 0.6) is 5.75 Å². The van der Waals surface area contributed by atoms with E-state index in [1.165, 1.54) is 5.56 Å². The highest BCUT2D eigenvalue weighted by Gasteiger charge is 2.13. The molecule has 0 atom stereocenters. The van der Waals surface area contributed by atoms with Crippen molar-refractivity contribution in [1.82, 2.24) is 4.98 Å². The summed E-state index contributed by atoms with van der Waals surface area (Å²) < 4.78 is 11.3. The van der Waals surface area contributed by atoms with E-state index >= 15 is 0 Å². The summed E-state index contributed by atoms with van der Waals surface area (Å²) in [4.78, 5) is 4.49. The van der Waals surface area contributed by atoms with Crippen LogP contribution in [-0.2, 0) is 0 Å². The molecule has 4 heteroatoms. The molecule has 0 saturated carbocycles. The van der Waals surface area contributed by atoms with Crippen molar-refractivity contribution in [2.75, 3.05) is 7.11 Å². The number of rotatable bonds is 3. The van der Waals surface area contributed by atoms with Crippen LogP contribution in [-0.4, -0.2) is 12.1 Å². The summed E-state index contributed by atoms with van der Waals surface area (Å²) in [5, 5.41) is 0.637. The quantitative estimate of drug-likeness (QED) is 0.660. The van der Waals surface area contributed by atoms with Crippen LogP contribution in [0.2, 0.25) is 5.02 Å². The van der Waals surface area contributed by atoms with Gasteiger partial charge in [-0.3, -0.25) is 0 Å². The highest BCUT2D eigenvalue weighted by atomic mass is 35.5. The van der Waals surface area contributed by atoms with Gasteiger partial charge in [0.05, 0.1) is 7.11 Å². The fourth-order valence-corrected chi connectivity index (χ4v) is 2.51. The Hall–Kier alpha value is -2.00. The van der Waals surface area contributed by atoms with Crippen LogP contribution in [0, 0.1) is 0 Å². The van der Waals surface area contributed by atoms with Gasteiger partial charge in [0, 0.05) is 16.7 Å². The molecule has 0 bridgehead atoms. The lowest BCUT2D eigenvalue weighted by atomic mass is 10.0. The fraction of sp³-hybridized carbons (Fsp3) is 0.235. The standard InChI is InChI=1S/C17H16ClNO2/c1-10(2)13-6-4-11(8-15(13)20-3)17-19-14-7-5-12(18)9-16(14)21-17/h4-10H,1-3H3. The molecule has 0 aliphatic heterocycles. The van der Waals surface area contributed by atoms with Crippen LogP contribution in [0.1, 0.15) is 25.3 Å². The third-order valence-electron chi connectivity index (χ3n) is 3.45. The Morgan fingerprint density at radius 2 is 1.95 bits per heavy atom. The molecule has 0 N–H and O–H groups in total. The molecule has 1 heterocycles. The lowest BCUT2D eigenvalue weighted by molar-refractivity contribution is 0.407. The van der Waals surface area contributed by atoms with Crippen LogP contribution < -0.4 is 4.74 Å². The van der Waals surface area contributed by atoms with E-state index in [4.69, 9.17) is 20.8 Å². The molecule has 3 nitrogen and oxygen atoms in total. The molecule has 1 aromatic heterocycles. The predicted octanol–water partition coefficient (Wildman–Crippen LogP) is 5.28. The van der Waals surface area contributed by atoms with Gasteiger partial charge >= 0.3 is 0 Å². The first-order valence-corrected chi connectivity index (χ1v) is 7.20. The Kier molecular flexibility index (Phi) is 3.60. The summed E-state index contributed by atoms with van der Waals surface area (Å²) >= 11 is 5.97. The van der Waals surface area contributed by atoms with Gasteiger partial charge in [-0.15, -0.1) is 0 Å². The second kappa shape index (κ2) is 5.41. The molecule has 0 fully saturated rings. The topological polar surface area (TPSA) is 35.3 Å². The van der Waals surface area contributed by atoms with E-state index in [2.05, 4.69) is 24.9 Å². The third-order valence-corrected chi connectivity index (χ3v) is 3.69. The van der Waals surface area contributed by atoms with Crippen molar-refractivity contribution in [3.05, 3.63) is 47.0 Å². The highest BCUT2D eigenvalue weighted by molar-refractivity contribution is 6.31. The maximum atomic E-state index is 5.97. The Morgan fingerprint density at radius 3 is 2.67 bits per heavy atom. The first-order valence-electron chi connectivity index (χ1n) is 6.83. The number of fused-ring (bicyclic) bond motifs is 1. The second-order valence-corrected chi connectivity index (χ2v) is 5.68. The average Bonchev–Trinajstić information content (AvgIpc) is 2.89. The Balaban J connectivity index is 2.09. The average molecular weight is 302 g/mol. The Labute approximate surface area is 128 Å². The molecule has 0 unspecified atom stereocenters. The summed E-state index contributed by atoms with van der Waals surface area (Å²) in [6.45, 7) is 4.28. The van der Waals surface area contributed by atoms with Crippen molar-refractivity contribution < 1.29 is 9.15 Å². The summed E-state index contributed by atoms with van der Waals surface area (Å²) in [5.74, 6) is 1.82. The SMILES string of the molecule is COc1cc(-c2nc3ccc(Cl)cc3o2)ccc1C(C)C. The van der Waals surface area contributed by atoms with Crippen molar-refractivity contribution >= 4 is 22.7 Å². The number of benzene rings is 2. The maximum absolute atomic E-state index is 5.97. The number of methoxy groups -OCH3 is 1. The molecule has 0 amide bonds. The van der Waals surface area contributed by atoms with Crippen LogP contribution in [0.4, 0.5) is 0 Å². The van der Waals surface area contributed by atoms with E-state index in [1.54, 1.807) is 19.2 Å². The van der Waals surface area contributed by atoms with Crippen LogP contribution in [0.25, 0.3) is 22.6 Å². The first-order chi connectivity index (χ1) is 10.1. The fourth-order valence-electron chi connectivity index (χ4n) is 2.34. The zero-order valence-electron chi connectivity index (χ0n) is 12.2. The molecule has 0 aliphatic carbocycles. The molecular formula is C17H16ClNO2. The smallest absolute Gasteiger partial charge is 0.227 e. The number of nitrogens with zero attached hydrogens (tertiary/aromatic N) is 1. The van der Waals surface area contributed by atoms with E-state index < -0.39 is 0 Å². The summed E-state index contributed by atoms with van der Waals surface area (Å²) in [6, 6.07) is 11.4. The van der Waals surface area contributed by atoms with Gasteiger partial charge in [-0.1, -0.05) is 31.5 Å². The van der Waals surface area contributed by atoms with Crippen molar-refractivity contribution in [3.8, 4) is 17.2 Å². The van der Waals surface area contributed by atoms with Crippen molar-refractivity contribution in [1.29, 1.82) is 0 Å². The number of hydrogen-bond donors (Lipinski definition) is 0. The lowest BCUT2D eigenvalue weighted by Crippen LogP contribution is -1.94. The van der Waals surface area contributed by atoms with Crippen molar-refractivity contribution in [2.24, 2.45) is 0 Å². The first kappa shape index (κ1) is 14.0. The number of aromatic nitrogens is 1. The molecule has 3 aromatic rings. The van der Waals surface area contributed by atoms with Gasteiger partial charge in [-0.25, -0.2) is 4.98 Å². The minimum Gasteiger partial charge on any atom is -0.496 e. The summed E-state index contributed by atoms with van der Waals surface area (Å²) in [7, 11) is 1.68. The third kappa shape index (κ3) is 2.61. The van der Waals surface area contributed by atoms with Gasteiger partial charge in [0.15, 0.2) is 5.58 Å². The maximum Gasteiger partial charge on any atom is 0.227 e. The molecule has 0 radical (unpaired) electrons. The van der Waals surface area contributed by atoms with E-state index in [0.717, 1.165) is 16.8 Å². The molecule has 0 saturated heterocycles. The van der Waals surface area contributed by atoms with E-state index in [1.807, 2.05) is 18.2 Å². The Morgan fingerprint density at radius 1 is 1.14 bits per heavy atom. The van der Waals surface area contributed by atoms with Crippen LogP contribution in [0.3, 0.4) is 0 Å². The number of hydrogen-bond acceptors (Lipinski definition) is 3. The zero-order chi connectivity index (χ0) is 15.0. The number of halogens is 1. The van der Waals surface area contributed by atoms with Crippen LogP contribution >= 0.6 is 11.6 Å². The van der Waals surface area contributed by atoms with E-state index in [0.29, 0.717) is 22.4 Å². The molecule has 0 aliphatic rings. The monoisotopic (exact) mass is 301 g/mol. The van der Waals surface area contributed by atoms with E-state index in [9.17, 15) is 0 Å². The molecule has 0 spiro atoms. The largest absolute Gasteiger partial charge is 0.496 e. The molecule has 108 valence electrons. The minimum absolute atomic E-state index is 0.399. The summed E-state index contributed by atoms with van der Waals surface area (Å²) in [5.41, 5.74) is 3.54. The number of ether oxygens (including phenoxy) is 1. The zero-order valence-corrected chi connectivity index (χ0v) is 12.9. The van der Waals surface area contributed by atoms with Crippen molar-refractivity contribution in [3.63, 3.8) is 0 Å². The van der Waals surface area contributed by atoms with Gasteiger partial charge in [0.2, 0.25) is 5.89 Å². The second-order valence-electron chi connectivity index (χ2n) is 5.24. The minimum atomic E-state index is 0.399. The molecule has 21 heavy (non-hydrogen) atoms. The van der Waals surface area contributed by atoms with Gasteiger partial charge in [-0.05, 0) is 35.7 Å². The predicted molar refractivity (Wildman–Crippen MR) is 85.1 cm³/mol. The van der Waals surface area contributed by atoms with Gasteiger partial charge in [0.1, 0.15) is 11.3 Å². The lowest BCUT2D eigenvalue weighted by Gasteiger charge is -2.12. The molecule has 2 aromatic carbocycles. The van der Waals surface area contributed by atoms with Crippen molar-refractivity contribution in [2.45, 2.75) is 19.8 Å². The Bertz CT molecular complexity index is 793. The van der Waals surface area contributed by atoms with E-state index in [-0.39, 0.29) is 0 Å². The summed E-state index contributed by atoms with van der Waals surface area (Å²) in [6.07, 6.45) is 0. The molecule has 3 rings (SSSR count). The van der Waals surface area contributed by atoms with Crippen LogP contribution in [0.15, 0.2) is 40.8 Å². The highest BCUT2D eigenvalue weighted by Crippen LogP contribution is 2.32. The van der Waals surface area contributed by atoms with Gasteiger partial charge in [-0.2, -0.15) is 0 Å². The number of oxazole rings is 1. The van der Waals surface area contributed by atoms with Gasteiger partial charge in [0.25, 0.3) is 0 Å². The van der Waals surface area contributed by atoms with Gasteiger partial charge < -0.3 is 9.15 Å². The molecular weight excluding hydrogens is 286 g/mol.